The maximum Gasteiger partial charge on any atom is 0.270 e. The molecule has 1 aromatic carbocycles. The van der Waals surface area contributed by atoms with Crippen molar-refractivity contribution in [1.82, 2.24) is 9.88 Å². The molecule has 0 saturated carbocycles. The molecule has 2 aromatic rings. The number of aromatic amines is 1. The van der Waals surface area contributed by atoms with Crippen LogP contribution in [-0.4, -0.2) is 39.6 Å². The Morgan fingerprint density at radius 3 is 2.64 bits per heavy atom. The summed E-state index contributed by atoms with van der Waals surface area (Å²) in [7, 11) is 0. The molecule has 134 valence electrons. The zero-order valence-electron chi connectivity index (χ0n) is 14.8. The molecule has 2 heterocycles. The molecule has 0 atom stereocenters. The van der Waals surface area contributed by atoms with Gasteiger partial charge in [-0.1, -0.05) is 18.2 Å². The van der Waals surface area contributed by atoms with E-state index in [1.54, 1.807) is 30.5 Å². The van der Waals surface area contributed by atoms with Crippen LogP contribution in [0.2, 0.25) is 0 Å². The zero-order valence-corrected chi connectivity index (χ0v) is 14.8. The van der Waals surface area contributed by atoms with Gasteiger partial charge in [-0.3, -0.25) is 4.79 Å². The number of benzene rings is 1. The summed E-state index contributed by atoms with van der Waals surface area (Å²) >= 11 is 0. The quantitative estimate of drug-likeness (QED) is 0.885. The largest absolute Gasteiger partial charge is 0.390 e. The molecule has 0 bridgehead atoms. The molecular weight excluding hydrogens is 319 g/mol. The molecule has 1 fully saturated rings. The lowest BCUT2D eigenvalue weighted by molar-refractivity contribution is 0.0357. The Balaban J connectivity index is 1.64. The number of rotatable bonds is 4. The van der Waals surface area contributed by atoms with E-state index in [1.807, 2.05) is 18.7 Å². The normalized spacial score (nSPS) is 16.2. The number of hydrogen-bond acceptors (Lipinski definition) is 2. The average molecular weight is 344 g/mol. The average Bonchev–Trinajstić information content (AvgIpc) is 3.03. The van der Waals surface area contributed by atoms with Gasteiger partial charge in [0.05, 0.1) is 5.60 Å². The molecule has 5 heteroatoms. The third-order valence-electron chi connectivity index (χ3n) is 4.79. The molecule has 0 unspecified atom stereocenters. The third kappa shape index (κ3) is 4.28. The van der Waals surface area contributed by atoms with Crippen molar-refractivity contribution in [3.05, 3.63) is 48.0 Å². The van der Waals surface area contributed by atoms with Crippen molar-refractivity contribution in [3.63, 3.8) is 0 Å². The molecular formula is C20H25FN2O2. The molecule has 1 aliphatic heterocycles. The number of piperidine rings is 1. The monoisotopic (exact) mass is 344 g/mol. The van der Waals surface area contributed by atoms with Crippen molar-refractivity contribution < 1.29 is 14.3 Å². The highest BCUT2D eigenvalue weighted by Crippen LogP contribution is 2.28. The molecule has 1 amide bonds. The number of halogens is 1. The number of nitrogens with zero attached hydrogens (tertiary/aromatic N) is 1. The molecule has 1 aliphatic rings. The fourth-order valence-electron chi connectivity index (χ4n) is 3.59. The van der Waals surface area contributed by atoms with Crippen molar-refractivity contribution in [2.75, 3.05) is 13.1 Å². The molecule has 4 nitrogen and oxygen atoms in total. The van der Waals surface area contributed by atoms with E-state index in [4.69, 9.17) is 0 Å². The number of aromatic nitrogens is 1. The van der Waals surface area contributed by atoms with Crippen molar-refractivity contribution >= 4 is 5.91 Å². The molecule has 2 N–H and O–H groups in total. The van der Waals surface area contributed by atoms with E-state index in [2.05, 4.69) is 4.98 Å². The van der Waals surface area contributed by atoms with Crippen LogP contribution >= 0.6 is 0 Å². The van der Waals surface area contributed by atoms with Gasteiger partial charge in [0, 0.05) is 30.4 Å². The summed E-state index contributed by atoms with van der Waals surface area (Å²) < 4.78 is 13.9. The minimum Gasteiger partial charge on any atom is -0.390 e. The van der Waals surface area contributed by atoms with Crippen LogP contribution < -0.4 is 0 Å². The number of H-pyrrole nitrogens is 1. The SMILES string of the molecule is CC(C)(O)CC1CCN(C(=O)c2cc(-c3ccccc3F)c[nH]2)CC1. The predicted molar refractivity (Wildman–Crippen MR) is 95.7 cm³/mol. The van der Waals surface area contributed by atoms with Crippen LogP contribution in [0, 0.1) is 11.7 Å². The van der Waals surface area contributed by atoms with E-state index >= 15 is 0 Å². The van der Waals surface area contributed by atoms with Gasteiger partial charge in [0.1, 0.15) is 11.5 Å². The number of aliphatic hydroxyl groups is 1. The molecule has 1 saturated heterocycles. The summed E-state index contributed by atoms with van der Waals surface area (Å²) in [5, 5.41) is 9.94. The van der Waals surface area contributed by atoms with Crippen molar-refractivity contribution in [2.24, 2.45) is 5.92 Å². The van der Waals surface area contributed by atoms with Crippen molar-refractivity contribution in [2.45, 2.75) is 38.7 Å². The summed E-state index contributed by atoms with van der Waals surface area (Å²) in [6.45, 7) is 5.03. The summed E-state index contributed by atoms with van der Waals surface area (Å²) in [5.74, 6) is 0.0962. The summed E-state index contributed by atoms with van der Waals surface area (Å²) in [5.41, 5.74) is 0.990. The second-order valence-corrected chi connectivity index (χ2v) is 7.53. The number of amides is 1. The van der Waals surface area contributed by atoms with Crippen LogP contribution in [0.25, 0.3) is 11.1 Å². The maximum absolute atomic E-state index is 13.9. The number of hydrogen-bond donors (Lipinski definition) is 2. The van der Waals surface area contributed by atoms with Gasteiger partial charge in [-0.05, 0) is 51.2 Å². The standard InChI is InChI=1S/C20H25FN2O2/c1-20(2,25)12-14-7-9-23(10-8-14)19(24)18-11-15(13-22-18)16-5-3-4-6-17(16)21/h3-6,11,13-14,22,25H,7-10,12H2,1-2H3. The Morgan fingerprint density at radius 2 is 2.00 bits per heavy atom. The number of carbonyl (C=O) groups excluding carboxylic acids is 1. The Kier molecular flexibility index (Phi) is 4.95. The van der Waals surface area contributed by atoms with Crippen LogP contribution in [0.4, 0.5) is 4.39 Å². The fourth-order valence-corrected chi connectivity index (χ4v) is 3.59. The lowest BCUT2D eigenvalue weighted by Crippen LogP contribution is -2.40. The molecule has 25 heavy (non-hydrogen) atoms. The highest BCUT2D eigenvalue weighted by molar-refractivity contribution is 5.94. The van der Waals surface area contributed by atoms with E-state index < -0.39 is 5.60 Å². The van der Waals surface area contributed by atoms with Gasteiger partial charge in [0.2, 0.25) is 0 Å². The van der Waals surface area contributed by atoms with E-state index in [0.717, 1.165) is 19.3 Å². The lowest BCUT2D eigenvalue weighted by Gasteiger charge is -2.34. The predicted octanol–water partition coefficient (Wildman–Crippen LogP) is 3.83. The van der Waals surface area contributed by atoms with Gasteiger partial charge in [-0.25, -0.2) is 4.39 Å². The van der Waals surface area contributed by atoms with Crippen LogP contribution in [0.5, 0.6) is 0 Å². The minimum absolute atomic E-state index is 0.0516. The maximum atomic E-state index is 13.9. The number of nitrogens with one attached hydrogen (secondary N) is 1. The first-order valence-electron chi connectivity index (χ1n) is 8.78. The number of carbonyl (C=O) groups is 1. The van der Waals surface area contributed by atoms with Gasteiger partial charge in [-0.2, -0.15) is 0 Å². The first kappa shape index (κ1) is 17.7. The minimum atomic E-state index is -0.662. The summed E-state index contributed by atoms with van der Waals surface area (Å²) in [6.07, 6.45) is 4.23. The van der Waals surface area contributed by atoms with E-state index in [0.29, 0.717) is 35.8 Å². The molecule has 3 rings (SSSR count). The highest BCUT2D eigenvalue weighted by Gasteiger charge is 2.28. The first-order chi connectivity index (χ1) is 11.8. The molecule has 0 aliphatic carbocycles. The van der Waals surface area contributed by atoms with Crippen LogP contribution in [0.1, 0.15) is 43.6 Å². The van der Waals surface area contributed by atoms with Crippen molar-refractivity contribution in [1.29, 1.82) is 0 Å². The van der Waals surface area contributed by atoms with E-state index in [1.165, 1.54) is 6.07 Å². The summed E-state index contributed by atoms with van der Waals surface area (Å²) in [4.78, 5) is 17.5. The van der Waals surface area contributed by atoms with Crippen LogP contribution in [0.3, 0.4) is 0 Å². The Hall–Kier alpha value is -2.14. The zero-order chi connectivity index (χ0) is 18.0. The topological polar surface area (TPSA) is 56.3 Å². The van der Waals surface area contributed by atoms with E-state index in [-0.39, 0.29) is 11.7 Å². The van der Waals surface area contributed by atoms with E-state index in [9.17, 15) is 14.3 Å². The van der Waals surface area contributed by atoms with Crippen LogP contribution in [-0.2, 0) is 0 Å². The second kappa shape index (κ2) is 7.00. The highest BCUT2D eigenvalue weighted by atomic mass is 19.1. The Morgan fingerprint density at radius 1 is 1.32 bits per heavy atom. The number of likely N-dealkylation sites (tertiary alicyclic amines) is 1. The van der Waals surface area contributed by atoms with Gasteiger partial charge in [-0.15, -0.1) is 0 Å². The summed E-state index contributed by atoms with van der Waals surface area (Å²) in [6, 6.07) is 8.26. The van der Waals surface area contributed by atoms with Gasteiger partial charge in [0.15, 0.2) is 0 Å². The first-order valence-corrected chi connectivity index (χ1v) is 8.78. The van der Waals surface area contributed by atoms with Crippen LogP contribution in [0.15, 0.2) is 36.5 Å². The van der Waals surface area contributed by atoms with Gasteiger partial charge >= 0.3 is 0 Å². The molecule has 0 radical (unpaired) electrons. The van der Waals surface area contributed by atoms with Gasteiger partial charge in [0.25, 0.3) is 5.91 Å². The van der Waals surface area contributed by atoms with Gasteiger partial charge < -0.3 is 15.0 Å². The Bertz CT molecular complexity index is 740. The lowest BCUT2D eigenvalue weighted by atomic mass is 9.86. The molecule has 0 spiro atoms. The van der Waals surface area contributed by atoms with Crippen molar-refractivity contribution in [3.8, 4) is 11.1 Å². The second-order valence-electron chi connectivity index (χ2n) is 7.53. The Labute approximate surface area is 147 Å². The smallest absolute Gasteiger partial charge is 0.270 e. The fraction of sp³-hybridized carbons (Fsp3) is 0.450. The third-order valence-corrected chi connectivity index (χ3v) is 4.79. The molecule has 1 aromatic heterocycles.